The molecule has 4 aromatic carbocycles. The van der Waals surface area contributed by atoms with Crippen molar-refractivity contribution in [3.05, 3.63) is 112 Å². The highest BCUT2D eigenvalue weighted by atomic mass is 35.5. The van der Waals surface area contributed by atoms with Crippen LogP contribution in [0.15, 0.2) is 82.9 Å². The van der Waals surface area contributed by atoms with Crippen molar-refractivity contribution in [2.24, 2.45) is 10.1 Å². The Kier molecular flexibility index (Phi) is 7.67. The molecule has 2 aliphatic rings. The zero-order valence-electron chi connectivity index (χ0n) is 24.7. The second-order valence-corrected chi connectivity index (χ2v) is 11.0. The topological polar surface area (TPSA) is 78.3 Å². The molecule has 0 unspecified atom stereocenters. The number of benzene rings is 4. The van der Waals surface area contributed by atoms with E-state index in [1.54, 1.807) is 17.4 Å². The molecule has 0 radical (unpaired) electrons. The third kappa shape index (κ3) is 4.74. The van der Waals surface area contributed by atoms with E-state index in [2.05, 4.69) is 55.5 Å². The van der Waals surface area contributed by atoms with Gasteiger partial charge >= 0.3 is 0 Å². The van der Waals surface area contributed by atoms with E-state index in [-0.39, 0.29) is 5.91 Å². The average molecular weight is 592 g/mol. The molecule has 218 valence electrons. The number of ether oxygens (including phenoxy) is 1. The minimum atomic E-state index is -1.05. The van der Waals surface area contributed by atoms with Crippen molar-refractivity contribution in [3.63, 3.8) is 0 Å². The fourth-order valence-corrected chi connectivity index (χ4v) is 6.22. The number of nitrogens with one attached hydrogen (secondary N) is 2. The first-order valence-electron chi connectivity index (χ1n) is 14.5. The lowest BCUT2D eigenvalue weighted by atomic mass is 9.74. The molecular formula is C35H34ClN5O2. The van der Waals surface area contributed by atoms with E-state index in [0.717, 1.165) is 63.5 Å². The Labute approximate surface area is 257 Å². The van der Waals surface area contributed by atoms with Gasteiger partial charge in [0.1, 0.15) is 17.0 Å². The lowest BCUT2D eigenvalue weighted by Gasteiger charge is -2.42. The second kappa shape index (κ2) is 11.6. The van der Waals surface area contributed by atoms with Gasteiger partial charge in [-0.15, -0.1) is 11.6 Å². The molecule has 2 heterocycles. The molecule has 6 rings (SSSR count). The second-order valence-electron chi connectivity index (χ2n) is 10.7. The Hall–Kier alpha value is -4.62. The van der Waals surface area contributed by atoms with E-state index < -0.39 is 5.54 Å². The summed E-state index contributed by atoms with van der Waals surface area (Å²) in [5.74, 6) is 1.62. The molecule has 2 aliphatic heterocycles. The van der Waals surface area contributed by atoms with Crippen molar-refractivity contribution >= 4 is 47.0 Å². The first kappa shape index (κ1) is 28.5. The Morgan fingerprint density at radius 3 is 2.02 bits per heavy atom. The first-order valence-corrected chi connectivity index (χ1v) is 15.1. The molecule has 1 spiro atoms. The number of halogens is 1. The van der Waals surface area contributed by atoms with Crippen molar-refractivity contribution in [1.82, 2.24) is 5.01 Å². The van der Waals surface area contributed by atoms with Gasteiger partial charge in [0.15, 0.2) is 0 Å². The molecule has 1 amide bonds. The van der Waals surface area contributed by atoms with Crippen LogP contribution in [-0.4, -0.2) is 36.4 Å². The van der Waals surface area contributed by atoms with Crippen LogP contribution in [0.1, 0.15) is 57.6 Å². The standard InChI is InChI=1S/C35H34ClN5O2/c1-5-37-30-19-32-28(17-22(30)3)35(29-18-23(4)31(38-6-2)20-33(29)43-32)27-10-8-7-9-26(27)34(42)41(35)40-16-15-39-25-13-11-24(21-36)12-14-25/h7-20,37-38H,5-6,21H2,1-4H3/b39-15+,40-16+. The van der Waals surface area contributed by atoms with Gasteiger partial charge in [-0.25, -0.2) is 5.01 Å². The number of hydrogen-bond donors (Lipinski definition) is 2. The van der Waals surface area contributed by atoms with Gasteiger partial charge in [0, 0.05) is 70.9 Å². The third-order valence-corrected chi connectivity index (χ3v) is 8.32. The van der Waals surface area contributed by atoms with Crippen LogP contribution in [0.4, 0.5) is 17.1 Å². The summed E-state index contributed by atoms with van der Waals surface area (Å²) < 4.78 is 6.64. The molecule has 2 N–H and O–H groups in total. The van der Waals surface area contributed by atoms with Gasteiger partial charge in [-0.1, -0.05) is 30.3 Å². The number of carbonyl (C=O) groups excluding carboxylic acids is 1. The highest BCUT2D eigenvalue weighted by Crippen LogP contribution is 2.58. The van der Waals surface area contributed by atoms with Crippen molar-refractivity contribution in [3.8, 4) is 11.5 Å². The van der Waals surface area contributed by atoms with E-state index in [1.165, 1.54) is 0 Å². The number of nitrogens with zero attached hydrogens (tertiary/aromatic N) is 3. The Morgan fingerprint density at radius 1 is 0.837 bits per heavy atom. The van der Waals surface area contributed by atoms with Gasteiger partial charge in [0.25, 0.3) is 5.91 Å². The van der Waals surface area contributed by atoms with Crippen LogP contribution in [0.25, 0.3) is 0 Å². The van der Waals surface area contributed by atoms with E-state index in [0.29, 0.717) is 22.9 Å². The lowest BCUT2D eigenvalue weighted by Crippen LogP contribution is -2.44. The maximum Gasteiger partial charge on any atom is 0.275 e. The summed E-state index contributed by atoms with van der Waals surface area (Å²) in [4.78, 5) is 18.8. The molecule has 0 bridgehead atoms. The summed E-state index contributed by atoms with van der Waals surface area (Å²) >= 11 is 5.93. The fraction of sp³-hybridized carbons (Fsp3) is 0.229. The van der Waals surface area contributed by atoms with Crippen molar-refractivity contribution in [2.45, 2.75) is 39.1 Å². The number of hydrogen-bond acceptors (Lipinski definition) is 6. The molecule has 7 nitrogen and oxygen atoms in total. The monoisotopic (exact) mass is 591 g/mol. The van der Waals surface area contributed by atoms with Crippen LogP contribution in [-0.2, 0) is 11.4 Å². The van der Waals surface area contributed by atoms with E-state index in [1.807, 2.05) is 60.7 Å². The number of aryl methyl sites for hydroxylation is 2. The molecule has 0 aromatic heterocycles. The average Bonchev–Trinajstić information content (AvgIpc) is 3.26. The van der Waals surface area contributed by atoms with Gasteiger partial charge in [0.2, 0.25) is 0 Å². The summed E-state index contributed by atoms with van der Waals surface area (Å²) in [6.07, 6.45) is 3.19. The van der Waals surface area contributed by atoms with Crippen LogP contribution < -0.4 is 15.4 Å². The lowest BCUT2D eigenvalue weighted by molar-refractivity contribution is 0.0675. The number of aliphatic imine (C=N–C) groups is 1. The Bertz CT molecular complexity index is 1700. The van der Waals surface area contributed by atoms with Crippen molar-refractivity contribution in [2.75, 3.05) is 23.7 Å². The van der Waals surface area contributed by atoms with Gasteiger partial charge in [-0.3, -0.25) is 9.79 Å². The van der Waals surface area contributed by atoms with Crippen LogP contribution in [0.5, 0.6) is 11.5 Å². The van der Waals surface area contributed by atoms with E-state index in [4.69, 9.17) is 21.4 Å². The van der Waals surface area contributed by atoms with Crippen LogP contribution in [0.2, 0.25) is 0 Å². The normalized spacial score (nSPS) is 14.6. The van der Waals surface area contributed by atoms with Crippen molar-refractivity contribution < 1.29 is 9.53 Å². The van der Waals surface area contributed by atoms with Gasteiger partial charge in [0.05, 0.1) is 11.9 Å². The molecular weight excluding hydrogens is 558 g/mol. The van der Waals surface area contributed by atoms with Crippen LogP contribution in [0, 0.1) is 13.8 Å². The first-order chi connectivity index (χ1) is 20.9. The molecule has 43 heavy (non-hydrogen) atoms. The largest absolute Gasteiger partial charge is 0.456 e. The number of carbonyl (C=O) groups is 1. The number of fused-ring (bicyclic) bond motifs is 6. The zero-order chi connectivity index (χ0) is 30.1. The summed E-state index contributed by atoms with van der Waals surface area (Å²) in [5, 5.41) is 13.3. The highest BCUT2D eigenvalue weighted by molar-refractivity contribution is 6.17. The minimum Gasteiger partial charge on any atom is -0.456 e. The fourth-order valence-electron chi connectivity index (χ4n) is 6.05. The molecule has 0 saturated carbocycles. The third-order valence-electron chi connectivity index (χ3n) is 8.01. The van der Waals surface area contributed by atoms with Crippen LogP contribution >= 0.6 is 11.6 Å². The predicted octanol–water partition coefficient (Wildman–Crippen LogP) is 8.15. The molecule has 0 atom stereocenters. The maximum atomic E-state index is 14.2. The summed E-state index contributed by atoms with van der Waals surface area (Å²) in [5.41, 5.74) is 8.01. The zero-order valence-corrected chi connectivity index (χ0v) is 25.5. The van der Waals surface area contributed by atoms with Crippen LogP contribution in [0.3, 0.4) is 0 Å². The number of anilines is 2. The molecule has 0 aliphatic carbocycles. The number of alkyl halides is 1. The van der Waals surface area contributed by atoms with Gasteiger partial charge in [-0.05, 0) is 74.7 Å². The SMILES string of the molecule is CCNc1cc2c(cc1C)C1(c3cc(C)c(NCC)cc3O2)c2ccccc2C(=O)N1/N=C/C=N/c1ccc(CCl)cc1. The summed E-state index contributed by atoms with van der Waals surface area (Å²) in [6, 6.07) is 23.8. The van der Waals surface area contributed by atoms with Gasteiger partial charge < -0.3 is 15.4 Å². The number of rotatable bonds is 8. The highest BCUT2D eigenvalue weighted by Gasteiger charge is 2.57. The van der Waals surface area contributed by atoms with Gasteiger partial charge in [-0.2, -0.15) is 5.10 Å². The van der Waals surface area contributed by atoms with Crippen molar-refractivity contribution in [1.29, 1.82) is 0 Å². The smallest absolute Gasteiger partial charge is 0.275 e. The number of amides is 1. The molecule has 0 saturated heterocycles. The quantitative estimate of drug-likeness (QED) is 0.160. The Balaban J connectivity index is 1.57. The number of hydrazone groups is 1. The molecule has 8 heteroatoms. The summed E-state index contributed by atoms with van der Waals surface area (Å²) in [7, 11) is 0. The molecule has 4 aromatic rings. The van der Waals surface area contributed by atoms with E-state index >= 15 is 0 Å². The maximum absolute atomic E-state index is 14.2. The predicted molar refractivity (Wildman–Crippen MR) is 176 cm³/mol. The Morgan fingerprint density at radius 2 is 1.44 bits per heavy atom. The minimum absolute atomic E-state index is 0.188. The molecule has 0 fully saturated rings. The van der Waals surface area contributed by atoms with E-state index in [9.17, 15) is 4.79 Å². The summed E-state index contributed by atoms with van der Waals surface area (Å²) in [6.45, 7) is 9.82.